The Bertz CT molecular complexity index is 954. The van der Waals surface area contributed by atoms with Gasteiger partial charge < -0.3 is 14.0 Å². The minimum Gasteiger partial charge on any atom is -0.488 e. The normalized spacial score (nSPS) is 11.7. The molecule has 0 aliphatic heterocycles. The van der Waals surface area contributed by atoms with Crippen LogP contribution in [-0.4, -0.2) is 11.5 Å². The number of benzene rings is 2. The van der Waals surface area contributed by atoms with Crippen LogP contribution in [0.5, 0.6) is 11.5 Å². The SMILES string of the molecule is CC(C)c1onc(-c2ccccc2OC(F)(F)F)c1COc1[c]c(Cl)ccc1. The summed E-state index contributed by atoms with van der Waals surface area (Å²) in [6.07, 6.45) is -4.83. The summed E-state index contributed by atoms with van der Waals surface area (Å²) in [5.74, 6) is 0.487. The molecule has 28 heavy (non-hydrogen) atoms. The van der Waals surface area contributed by atoms with E-state index < -0.39 is 6.36 Å². The lowest BCUT2D eigenvalue weighted by Gasteiger charge is -2.13. The molecule has 0 aliphatic rings. The summed E-state index contributed by atoms with van der Waals surface area (Å²) in [6.45, 7) is 3.79. The van der Waals surface area contributed by atoms with E-state index in [9.17, 15) is 13.2 Å². The van der Waals surface area contributed by atoms with E-state index in [4.69, 9.17) is 20.9 Å². The summed E-state index contributed by atoms with van der Waals surface area (Å²) in [7, 11) is 0. The van der Waals surface area contributed by atoms with E-state index >= 15 is 0 Å². The smallest absolute Gasteiger partial charge is 0.488 e. The van der Waals surface area contributed by atoms with Crippen molar-refractivity contribution in [1.29, 1.82) is 0 Å². The van der Waals surface area contributed by atoms with Crippen molar-refractivity contribution in [1.82, 2.24) is 5.16 Å². The van der Waals surface area contributed by atoms with Crippen molar-refractivity contribution in [3.8, 4) is 22.8 Å². The Labute approximate surface area is 164 Å². The number of halogens is 4. The summed E-state index contributed by atoms with van der Waals surface area (Å²) >= 11 is 5.91. The molecule has 0 saturated heterocycles. The Morgan fingerprint density at radius 2 is 1.89 bits per heavy atom. The van der Waals surface area contributed by atoms with Gasteiger partial charge >= 0.3 is 6.36 Å². The predicted octanol–water partition coefficient (Wildman–Crippen LogP) is 6.40. The molecule has 0 spiro atoms. The van der Waals surface area contributed by atoms with Crippen molar-refractivity contribution in [2.75, 3.05) is 0 Å². The summed E-state index contributed by atoms with van der Waals surface area (Å²) in [5, 5.41) is 4.37. The van der Waals surface area contributed by atoms with Crippen LogP contribution in [0.25, 0.3) is 11.3 Å². The molecule has 2 aromatic carbocycles. The molecule has 0 bridgehead atoms. The van der Waals surface area contributed by atoms with Crippen molar-refractivity contribution in [3.05, 3.63) is 64.9 Å². The van der Waals surface area contributed by atoms with Gasteiger partial charge in [0.1, 0.15) is 29.6 Å². The topological polar surface area (TPSA) is 44.5 Å². The molecule has 8 heteroatoms. The van der Waals surface area contributed by atoms with Crippen LogP contribution in [0.2, 0.25) is 5.02 Å². The van der Waals surface area contributed by atoms with E-state index in [-0.39, 0.29) is 29.5 Å². The van der Waals surface area contributed by atoms with Crippen molar-refractivity contribution in [2.45, 2.75) is 32.7 Å². The molecule has 1 heterocycles. The molecule has 0 fully saturated rings. The van der Waals surface area contributed by atoms with Crippen molar-refractivity contribution in [3.63, 3.8) is 0 Å². The zero-order valence-electron chi connectivity index (χ0n) is 15.0. The first-order valence-electron chi connectivity index (χ1n) is 8.39. The standard InChI is InChI=1S/C20H16ClF3NO3/c1-12(2)19-16(11-26-14-7-5-6-13(21)10-14)18(25-28-19)15-8-3-4-9-17(15)27-20(22,23)24/h3-9,12H,11H2,1-2H3. The second-order valence-electron chi connectivity index (χ2n) is 6.22. The van der Waals surface area contributed by atoms with Crippen molar-refractivity contribution < 1.29 is 27.2 Å². The van der Waals surface area contributed by atoms with Gasteiger partial charge in [-0.2, -0.15) is 0 Å². The Balaban J connectivity index is 1.99. The first kappa shape index (κ1) is 20.1. The molecule has 1 radical (unpaired) electrons. The van der Waals surface area contributed by atoms with Crippen molar-refractivity contribution >= 4 is 11.6 Å². The van der Waals surface area contributed by atoms with Crippen LogP contribution in [0.3, 0.4) is 0 Å². The maximum atomic E-state index is 12.8. The summed E-state index contributed by atoms with van der Waals surface area (Å²) in [4.78, 5) is 0. The molecule has 0 N–H and O–H groups in total. The van der Waals surface area contributed by atoms with Gasteiger partial charge in [0.15, 0.2) is 0 Å². The summed E-state index contributed by atoms with van der Waals surface area (Å²) in [6, 6.07) is 13.6. The molecule has 0 atom stereocenters. The van der Waals surface area contributed by atoms with Gasteiger partial charge in [-0.3, -0.25) is 0 Å². The zero-order chi connectivity index (χ0) is 20.3. The molecule has 0 aliphatic carbocycles. The molecule has 0 amide bonds. The molecule has 147 valence electrons. The minimum absolute atomic E-state index is 0.0174. The summed E-state index contributed by atoms with van der Waals surface area (Å²) in [5.41, 5.74) is 0.913. The Kier molecular flexibility index (Phi) is 5.84. The van der Waals surface area contributed by atoms with E-state index in [0.29, 0.717) is 22.1 Å². The van der Waals surface area contributed by atoms with Gasteiger partial charge in [-0.1, -0.05) is 48.8 Å². The van der Waals surface area contributed by atoms with Gasteiger partial charge in [0.25, 0.3) is 0 Å². The lowest BCUT2D eigenvalue weighted by molar-refractivity contribution is -0.274. The molecule has 4 nitrogen and oxygen atoms in total. The number of hydrogen-bond acceptors (Lipinski definition) is 4. The number of aromatic nitrogens is 1. The van der Waals surface area contributed by atoms with Crippen LogP contribution in [0.1, 0.15) is 31.1 Å². The number of nitrogens with zero attached hydrogens (tertiary/aromatic N) is 1. The highest BCUT2D eigenvalue weighted by Gasteiger charge is 2.33. The van der Waals surface area contributed by atoms with Gasteiger partial charge in [-0.05, 0) is 24.3 Å². The van der Waals surface area contributed by atoms with Crippen LogP contribution >= 0.6 is 11.6 Å². The van der Waals surface area contributed by atoms with Crippen LogP contribution in [-0.2, 0) is 6.61 Å². The fraction of sp³-hybridized carbons (Fsp3) is 0.250. The number of alkyl halides is 3. The van der Waals surface area contributed by atoms with Gasteiger partial charge in [0, 0.05) is 17.5 Å². The molecule has 3 aromatic rings. The minimum atomic E-state index is -4.83. The first-order valence-corrected chi connectivity index (χ1v) is 8.76. The number of rotatable bonds is 6. The van der Waals surface area contributed by atoms with Gasteiger partial charge in [-0.15, -0.1) is 13.2 Å². The molecular weight excluding hydrogens is 395 g/mol. The van der Waals surface area contributed by atoms with E-state index in [1.165, 1.54) is 18.2 Å². The maximum Gasteiger partial charge on any atom is 0.573 e. The molecule has 1 aromatic heterocycles. The lowest BCUT2D eigenvalue weighted by Crippen LogP contribution is -2.17. The zero-order valence-corrected chi connectivity index (χ0v) is 15.8. The highest BCUT2D eigenvalue weighted by molar-refractivity contribution is 6.30. The predicted molar refractivity (Wildman–Crippen MR) is 97.3 cm³/mol. The Morgan fingerprint density at radius 1 is 1.14 bits per heavy atom. The molecule has 3 rings (SSSR count). The largest absolute Gasteiger partial charge is 0.573 e. The second-order valence-corrected chi connectivity index (χ2v) is 6.63. The fourth-order valence-electron chi connectivity index (χ4n) is 2.66. The second kappa shape index (κ2) is 8.14. The monoisotopic (exact) mass is 410 g/mol. The number of hydrogen-bond donors (Lipinski definition) is 0. The number of ether oxygens (including phenoxy) is 2. The fourth-order valence-corrected chi connectivity index (χ4v) is 2.82. The highest BCUT2D eigenvalue weighted by atomic mass is 35.5. The number of para-hydroxylation sites is 1. The Hall–Kier alpha value is -2.67. The summed E-state index contributed by atoms with van der Waals surface area (Å²) < 4.78 is 53.6. The van der Waals surface area contributed by atoms with Gasteiger partial charge in [-0.25, -0.2) is 0 Å². The third kappa shape index (κ3) is 4.78. The van der Waals surface area contributed by atoms with Crippen LogP contribution in [0.15, 0.2) is 47.0 Å². The van der Waals surface area contributed by atoms with E-state index in [1.54, 1.807) is 24.3 Å². The van der Waals surface area contributed by atoms with Gasteiger partial charge in [0.2, 0.25) is 0 Å². The first-order chi connectivity index (χ1) is 13.2. The van der Waals surface area contributed by atoms with Crippen LogP contribution in [0, 0.1) is 6.07 Å². The van der Waals surface area contributed by atoms with E-state index in [2.05, 4.69) is 16.0 Å². The molecular formula is C20H16ClF3NO3. The lowest BCUT2D eigenvalue weighted by atomic mass is 10.0. The van der Waals surface area contributed by atoms with Crippen LogP contribution in [0.4, 0.5) is 13.2 Å². The van der Waals surface area contributed by atoms with Crippen molar-refractivity contribution in [2.24, 2.45) is 0 Å². The highest BCUT2D eigenvalue weighted by Crippen LogP contribution is 2.37. The van der Waals surface area contributed by atoms with E-state index in [0.717, 1.165) is 0 Å². The van der Waals surface area contributed by atoms with Gasteiger partial charge in [0.05, 0.1) is 10.6 Å². The molecule has 0 saturated carbocycles. The van der Waals surface area contributed by atoms with Crippen LogP contribution < -0.4 is 9.47 Å². The third-order valence-electron chi connectivity index (χ3n) is 3.82. The third-order valence-corrected chi connectivity index (χ3v) is 4.04. The Morgan fingerprint density at radius 3 is 2.57 bits per heavy atom. The quantitative estimate of drug-likeness (QED) is 0.472. The molecule has 0 unspecified atom stereocenters. The maximum absolute atomic E-state index is 12.8. The average molecular weight is 411 g/mol. The van der Waals surface area contributed by atoms with E-state index in [1.807, 2.05) is 13.8 Å². The average Bonchev–Trinajstić information content (AvgIpc) is 3.03.